The van der Waals surface area contributed by atoms with E-state index in [4.69, 9.17) is 24.4 Å². The molecule has 1 aromatic heterocycles. The number of aromatic nitrogens is 1. The summed E-state index contributed by atoms with van der Waals surface area (Å²) < 4.78 is 11.8. The van der Waals surface area contributed by atoms with Gasteiger partial charge in [0.15, 0.2) is 11.5 Å². The fraction of sp³-hybridized carbons (Fsp3) is 0.583. The molecule has 0 bridgehead atoms. The van der Waals surface area contributed by atoms with Crippen molar-refractivity contribution in [2.75, 3.05) is 38.7 Å². The second kappa shape index (κ2) is 10.2. The van der Waals surface area contributed by atoms with Crippen molar-refractivity contribution in [3.8, 4) is 11.5 Å². The molecule has 2 N–H and O–H groups in total. The maximum atomic E-state index is 8.36. The summed E-state index contributed by atoms with van der Waals surface area (Å²) in [7, 11) is 1.71. The minimum atomic E-state index is -0.250. The summed E-state index contributed by atoms with van der Waals surface area (Å²) in [4.78, 5) is 15.8. The second-order valence-electron chi connectivity index (χ2n) is 8.94. The molecule has 0 atom stereocenters. The summed E-state index contributed by atoms with van der Waals surface area (Å²) in [5, 5.41) is 11.7. The lowest BCUT2D eigenvalue weighted by molar-refractivity contribution is -0.122. The number of pyridine rings is 1. The Kier molecular flexibility index (Phi) is 7.59. The number of carboxylic acid groups (broad SMARTS) is 1. The van der Waals surface area contributed by atoms with Gasteiger partial charge in [-0.05, 0) is 77.6 Å². The minimum absolute atomic E-state index is 0.0890. The van der Waals surface area contributed by atoms with Gasteiger partial charge in [0, 0.05) is 34.9 Å². The van der Waals surface area contributed by atoms with Crippen LogP contribution in [0.5, 0.6) is 11.5 Å². The zero-order chi connectivity index (χ0) is 22.4. The number of nitrogens with one attached hydrogen (secondary N) is 1. The van der Waals surface area contributed by atoms with Gasteiger partial charge in [0.2, 0.25) is 0 Å². The largest absolute Gasteiger partial charge is 0.493 e. The first kappa shape index (κ1) is 23.1. The van der Waals surface area contributed by atoms with Gasteiger partial charge in [-0.3, -0.25) is 9.78 Å². The zero-order valence-corrected chi connectivity index (χ0v) is 19.2. The van der Waals surface area contributed by atoms with Gasteiger partial charge in [0.25, 0.3) is 6.47 Å². The Morgan fingerprint density at radius 2 is 1.97 bits per heavy atom. The standard InChI is InChI=1S/C23H33N3O2.CH2O2/c1-16-17-8-9-23(2,3)25-22(17)18-14-20(27-4)21(15-19(18)24-16)28-13-7-12-26-10-5-6-11-26;2-1-3/h14-15,25H,5-13H2,1-4H3;1H,(H,2,3). The van der Waals surface area contributed by atoms with Crippen LogP contribution in [0.1, 0.15) is 50.8 Å². The lowest BCUT2D eigenvalue weighted by Gasteiger charge is -2.35. The molecule has 3 heterocycles. The molecule has 1 aromatic carbocycles. The van der Waals surface area contributed by atoms with Crippen LogP contribution in [0, 0.1) is 6.92 Å². The van der Waals surface area contributed by atoms with E-state index in [0.29, 0.717) is 6.61 Å². The molecule has 0 spiro atoms. The van der Waals surface area contributed by atoms with Crippen LogP contribution in [0.15, 0.2) is 12.1 Å². The van der Waals surface area contributed by atoms with Crippen molar-refractivity contribution >= 4 is 23.1 Å². The van der Waals surface area contributed by atoms with Crippen molar-refractivity contribution in [3.05, 3.63) is 23.4 Å². The zero-order valence-electron chi connectivity index (χ0n) is 19.2. The van der Waals surface area contributed by atoms with Crippen molar-refractivity contribution in [2.45, 2.75) is 58.4 Å². The number of rotatable bonds is 6. The maximum absolute atomic E-state index is 8.36. The molecule has 31 heavy (non-hydrogen) atoms. The normalized spacial score (nSPS) is 17.3. The third-order valence-electron chi connectivity index (χ3n) is 6.12. The fourth-order valence-electron chi connectivity index (χ4n) is 4.47. The number of fused-ring (bicyclic) bond motifs is 3. The number of carbonyl (C=O) groups is 1. The van der Waals surface area contributed by atoms with Crippen molar-refractivity contribution in [1.29, 1.82) is 0 Å². The number of benzene rings is 1. The number of ether oxygens (including phenoxy) is 2. The topological polar surface area (TPSA) is 83.9 Å². The molecule has 1 saturated heterocycles. The molecule has 0 aliphatic carbocycles. The summed E-state index contributed by atoms with van der Waals surface area (Å²) in [6, 6.07) is 4.13. The summed E-state index contributed by atoms with van der Waals surface area (Å²) in [6.45, 7) is 10.7. The molecular formula is C24H35N3O4. The number of likely N-dealkylation sites (tertiary alicyclic amines) is 1. The van der Waals surface area contributed by atoms with E-state index in [9.17, 15) is 0 Å². The third kappa shape index (κ3) is 5.58. The number of aryl methyl sites for hydroxylation is 1. The monoisotopic (exact) mass is 429 g/mol. The summed E-state index contributed by atoms with van der Waals surface area (Å²) >= 11 is 0. The molecule has 0 radical (unpaired) electrons. The van der Waals surface area contributed by atoms with Crippen LogP contribution < -0.4 is 14.8 Å². The molecular weight excluding hydrogens is 394 g/mol. The predicted octanol–water partition coefficient (Wildman–Crippen LogP) is 4.25. The molecule has 7 heteroatoms. The Morgan fingerprint density at radius 1 is 1.26 bits per heavy atom. The highest BCUT2D eigenvalue weighted by molar-refractivity contribution is 5.96. The lowest BCUT2D eigenvalue weighted by Crippen LogP contribution is -2.35. The fourth-order valence-corrected chi connectivity index (χ4v) is 4.47. The van der Waals surface area contributed by atoms with Gasteiger partial charge >= 0.3 is 0 Å². The predicted molar refractivity (Wildman–Crippen MR) is 124 cm³/mol. The Labute approximate surface area is 184 Å². The number of hydrogen-bond acceptors (Lipinski definition) is 6. The summed E-state index contributed by atoms with van der Waals surface area (Å²) in [5.74, 6) is 1.57. The molecule has 0 unspecified atom stereocenters. The van der Waals surface area contributed by atoms with Gasteiger partial charge in [-0.15, -0.1) is 0 Å². The van der Waals surface area contributed by atoms with E-state index < -0.39 is 0 Å². The lowest BCUT2D eigenvalue weighted by atomic mass is 9.87. The highest BCUT2D eigenvalue weighted by Crippen LogP contribution is 2.41. The molecule has 7 nitrogen and oxygen atoms in total. The van der Waals surface area contributed by atoms with Crippen LogP contribution in [-0.4, -0.2) is 60.4 Å². The molecule has 170 valence electrons. The van der Waals surface area contributed by atoms with Crippen LogP contribution in [0.2, 0.25) is 0 Å². The number of hydrogen-bond donors (Lipinski definition) is 2. The average molecular weight is 430 g/mol. The van der Waals surface area contributed by atoms with Crippen molar-refractivity contribution < 1.29 is 19.4 Å². The molecule has 0 saturated carbocycles. The third-order valence-corrected chi connectivity index (χ3v) is 6.12. The van der Waals surface area contributed by atoms with E-state index in [1.807, 2.05) is 6.07 Å². The maximum Gasteiger partial charge on any atom is 0.290 e. The number of anilines is 1. The van der Waals surface area contributed by atoms with Crippen molar-refractivity contribution in [1.82, 2.24) is 9.88 Å². The first-order valence-corrected chi connectivity index (χ1v) is 11.1. The van der Waals surface area contributed by atoms with Crippen LogP contribution >= 0.6 is 0 Å². The van der Waals surface area contributed by atoms with Crippen LogP contribution in [-0.2, 0) is 11.2 Å². The Bertz CT molecular complexity index is 908. The van der Waals surface area contributed by atoms with E-state index in [1.54, 1.807) is 7.11 Å². The van der Waals surface area contributed by atoms with E-state index >= 15 is 0 Å². The van der Waals surface area contributed by atoms with Crippen LogP contribution in [0.25, 0.3) is 10.9 Å². The van der Waals surface area contributed by atoms with E-state index in [0.717, 1.165) is 53.9 Å². The Hall–Kier alpha value is -2.54. The second-order valence-corrected chi connectivity index (χ2v) is 8.94. The summed E-state index contributed by atoms with van der Waals surface area (Å²) in [6.07, 6.45) is 5.87. The summed E-state index contributed by atoms with van der Waals surface area (Å²) in [5.41, 5.74) is 4.70. The molecule has 2 aliphatic heterocycles. The highest BCUT2D eigenvalue weighted by atomic mass is 16.5. The van der Waals surface area contributed by atoms with Gasteiger partial charge in [-0.25, -0.2) is 0 Å². The van der Waals surface area contributed by atoms with Gasteiger partial charge in [0.05, 0.1) is 19.2 Å². The molecule has 1 fully saturated rings. The molecule has 0 amide bonds. The Balaban J connectivity index is 0.000000858. The molecule has 4 rings (SSSR count). The number of methoxy groups -OCH3 is 1. The smallest absolute Gasteiger partial charge is 0.290 e. The van der Waals surface area contributed by atoms with E-state index in [2.05, 4.69) is 37.1 Å². The number of nitrogens with zero attached hydrogens (tertiary/aromatic N) is 2. The van der Waals surface area contributed by atoms with E-state index in [-0.39, 0.29) is 12.0 Å². The first-order chi connectivity index (χ1) is 14.9. The van der Waals surface area contributed by atoms with Crippen molar-refractivity contribution in [3.63, 3.8) is 0 Å². The Morgan fingerprint density at radius 3 is 2.65 bits per heavy atom. The average Bonchev–Trinajstić information content (AvgIpc) is 3.24. The van der Waals surface area contributed by atoms with Gasteiger partial charge in [-0.1, -0.05) is 0 Å². The first-order valence-electron chi connectivity index (χ1n) is 11.1. The van der Waals surface area contributed by atoms with Gasteiger partial charge in [-0.2, -0.15) is 0 Å². The SMILES string of the molecule is COc1cc2c3c(c(C)nc2cc1OCCCN1CCCC1)CCC(C)(C)N3.O=CO. The quantitative estimate of drug-likeness (QED) is 0.524. The van der Waals surface area contributed by atoms with Gasteiger partial charge in [0.1, 0.15) is 0 Å². The minimum Gasteiger partial charge on any atom is -0.493 e. The van der Waals surface area contributed by atoms with E-state index in [1.165, 1.54) is 37.2 Å². The molecule has 2 aliphatic rings. The van der Waals surface area contributed by atoms with Crippen molar-refractivity contribution in [2.24, 2.45) is 0 Å². The highest BCUT2D eigenvalue weighted by Gasteiger charge is 2.28. The van der Waals surface area contributed by atoms with Crippen LogP contribution in [0.4, 0.5) is 5.69 Å². The van der Waals surface area contributed by atoms with Gasteiger partial charge < -0.3 is 24.8 Å². The molecule has 2 aromatic rings. The van der Waals surface area contributed by atoms with Crippen LogP contribution in [0.3, 0.4) is 0 Å².